The molecule has 2 amide bonds. The minimum atomic E-state index is -3.25. The van der Waals surface area contributed by atoms with Crippen molar-refractivity contribution in [2.75, 3.05) is 16.4 Å². The molecule has 2 aliphatic rings. The molecular formula is C25H27Cl2N3O5S2. The average molecular weight is 585 g/mol. The summed E-state index contributed by atoms with van der Waals surface area (Å²) in [7, 11) is -3.25. The van der Waals surface area contributed by atoms with Crippen molar-refractivity contribution in [3.8, 4) is 0 Å². The fraction of sp³-hybridized carbons (Fsp3) is 0.400. The zero-order valence-electron chi connectivity index (χ0n) is 20.5. The van der Waals surface area contributed by atoms with Gasteiger partial charge in [0.2, 0.25) is 0 Å². The number of hydrogen-bond donors (Lipinski definition) is 1. The minimum Gasteiger partial charge on any atom is -0.444 e. The second-order valence-electron chi connectivity index (χ2n) is 9.89. The molecular weight excluding hydrogens is 557 g/mol. The van der Waals surface area contributed by atoms with E-state index in [9.17, 15) is 18.0 Å². The number of ether oxygens (including phenoxy) is 1. The normalized spacial score (nSPS) is 22.5. The number of nitrogens with zero attached hydrogens (tertiary/aromatic N) is 2. The van der Waals surface area contributed by atoms with E-state index >= 15 is 0 Å². The van der Waals surface area contributed by atoms with Gasteiger partial charge in [-0.25, -0.2) is 13.2 Å². The second kappa shape index (κ2) is 10.8. The Kier molecular flexibility index (Phi) is 8.13. The fourth-order valence-corrected chi connectivity index (χ4v) is 8.61. The Bertz CT molecular complexity index is 1330. The highest BCUT2D eigenvalue weighted by Gasteiger charge is 2.50. The van der Waals surface area contributed by atoms with Crippen LogP contribution in [-0.4, -0.2) is 60.0 Å². The molecule has 198 valence electrons. The number of benzene rings is 2. The molecule has 0 saturated carbocycles. The van der Waals surface area contributed by atoms with Crippen LogP contribution in [0.1, 0.15) is 26.3 Å². The van der Waals surface area contributed by atoms with Crippen molar-refractivity contribution in [1.29, 1.82) is 0 Å². The SMILES string of the molecule is CC(C)(C)OC(=O)N[C@@H](Cc1ccccc1)C(=O)N=C1S[C@H]2CS(=O)(=O)C[C@@H]2N1c1ccc(Cl)cc1Cl. The molecule has 2 heterocycles. The first kappa shape index (κ1) is 27.8. The van der Waals surface area contributed by atoms with Gasteiger partial charge in [-0.1, -0.05) is 65.3 Å². The van der Waals surface area contributed by atoms with Crippen LogP contribution in [0.15, 0.2) is 53.5 Å². The van der Waals surface area contributed by atoms with Crippen LogP contribution >= 0.6 is 35.0 Å². The van der Waals surface area contributed by atoms with Gasteiger partial charge in [-0.15, -0.1) is 0 Å². The van der Waals surface area contributed by atoms with Crippen molar-refractivity contribution in [3.63, 3.8) is 0 Å². The van der Waals surface area contributed by atoms with Gasteiger partial charge in [-0.05, 0) is 44.5 Å². The van der Waals surface area contributed by atoms with Crippen LogP contribution in [0.4, 0.5) is 10.5 Å². The van der Waals surface area contributed by atoms with Crippen molar-refractivity contribution in [2.45, 2.75) is 50.1 Å². The number of hydrogen-bond acceptors (Lipinski definition) is 6. The maximum atomic E-state index is 13.5. The number of rotatable bonds is 5. The molecule has 37 heavy (non-hydrogen) atoms. The number of fused-ring (bicyclic) bond motifs is 1. The lowest BCUT2D eigenvalue weighted by Gasteiger charge is -2.26. The van der Waals surface area contributed by atoms with Gasteiger partial charge in [-0.2, -0.15) is 4.99 Å². The van der Waals surface area contributed by atoms with Crippen LogP contribution in [0.25, 0.3) is 0 Å². The van der Waals surface area contributed by atoms with E-state index in [0.29, 0.717) is 20.9 Å². The second-order valence-corrected chi connectivity index (χ2v) is 14.1. The molecule has 4 rings (SSSR count). The fourth-order valence-electron chi connectivity index (χ4n) is 4.19. The topological polar surface area (TPSA) is 105 Å². The van der Waals surface area contributed by atoms with Crippen molar-refractivity contribution < 1.29 is 22.7 Å². The lowest BCUT2D eigenvalue weighted by atomic mass is 10.1. The number of amidine groups is 1. The van der Waals surface area contributed by atoms with Gasteiger partial charge in [0.05, 0.1) is 28.3 Å². The van der Waals surface area contributed by atoms with E-state index in [1.165, 1.54) is 11.8 Å². The molecule has 1 N–H and O–H groups in total. The highest BCUT2D eigenvalue weighted by atomic mass is 35.5. The maximum absolute atomic E-state index is 13.5. The monoisotopic (exact) mass is 583 g/mol. The Morgan fingerprint density at radius 2 is 1.86 bits per heavy atom. The first-order valence-corrected chi connectivity index (χ1v) is 15.0. The number of alkyl carbamates (subject to hydrolysis) is 1. The lowest BCUT2D eigenvalue weighted by molar-refractivity contribution is -0.119. The Balaban J connectivity index is 1.67. The van der Waals surface area contributed by atoms with Gasteiger partial charge in [0.25, 0.3) is 5.91 Å². The molecule has 3 atom stereocenters. The van der Waals surface area contributed by atoms with Gasteiger partial charge in [0.1, 0.15) is 11.6 Å². The van der Waals surface area contributed by atoms with Gasteiger partial charge in [-0.3, -0.25) is 4.79 Å². The summed E-state index contributed by atoms with van der Waals surface area (Å²) in [6, 6.07) is 12.7. The van der Waals surface area contributed by atoms with Crippen LogP contribution in [0.2, 0.25) is 10.0 Å². The molecule has 2 aliphatic heterocycles. The largest absolute Gasteiger partial charge is 0.444 e. The van der Waals surface area contributed by atoms with E-state index in [-0.39, 0.29) is 23.2 Å². The van der Waals surface area contributed by atoms with E-state index in [1.54, 1.807) is 43.9 Å². The van der Waals surface area contributed by atoms with E-state index in [0.717, 1.165) is 5.56 Å². The summed E-state index contributed by atoms with van der Waals surface area (Å²) in [5.74, 6) is -0.698. The van der Waals surface area contributed by atoms with Crippen LogP contribution in [-0.2, 0) is 25.8 Å². The van der Waals surface area contributed by atoms with Crippen LogP contribution < -0.4 is 10.2 Å². The predicted molar refractivity (Wildman–Crippen MR) is 149 cm³/mol. The van der Waals surface area contributed by atoms with E-state index in [1.807, 2.05) is 30.3 Å². The summed E-state index contributed by atoms with van der Waals surface area (Å²) in [6.07, 6.45) is -0.537. The third kappa shape index (κ3) is 6.98. The van der Waals surface area contributed by atoms with Crippen molar-refractivity contribution in [3.05, 3.63) is 64.1 Å². The number of halogens is 2. The smallest absolute Gasteiger partial charge is 0.408 e. The summed E-state index contributed by atoms with van der Waals surface area (Å²) in [6.45, 7) is 5.20. The van der Waals surface area contributed by atoms with Gasteiger partial charge in [0, 0.05) is 16.7 Å². The summed E-state index contributed by atoms with van der Waals surface area (Å²) < 4.78 is 30.1. The lowest BCUT2D eigenvalue weighted by Crippen LogP contribution is -2.45. The average Bonchev–Trinajstić information content (AvgIpc) is 3.24. The van der Waals surface area contributed by atoms with Gasteiger partial charge < -0.3 is 15.0 Å². The molecule has 0 bridgehead atoms. The number of amides is 2. The number of anilines is 1. The molecule has 0 aliphatic carbocycles. The predicted octanol–water partition coefficient (Wildman–Crippen LogP) is 4.73. The standard InChI is InChI=1S/C25H27Cl2N3O5S2/c1-25(2,3)35-24(32)28-18(11-15-7-5-4-6-8-15)22(31)29-23-30(19-10-9-16(26)12-17(19)27)20-13-37(33,34)14-21(20)36-23/h4-10,12,18,20-21H,11,13-14H2,1-3H3,(H,28,32)/t18-,20-,21-/m0/s1. The van der Waals surface area contributed by atoms with Gasteiger partial charge in [0.15, 0.2) is 15.0 Å². The molecule has 8 nitrogen and oxygen atoms in total. The number of nitrogens with one attached hydrogen (secondary N) is 1. The van der Waals surface area contributed by atoms with Crippen LogP contribution in [0.3, 0.4) is 0 Å². The summed E-state index contributed by atoms with van der Waals surface area (Å²) in [4.78, 5) is 32.1. The molecule has 2 saturated heterocycles. The first-order chi connectivity index (χ1) is 17.3. The number of carbonyl (C=O) groups is 2. The van der Waals surface area contributed by atoms with E-state index in [2.05, 4.69) is 10.3 Å². The highest BCUT2D eigenvalue weighted by Crippen LogP contribution is 2.43. The van der Waals surface area contributed by atoms with E-state index in [4.69, 9.17) is 27.9 Å². The molecule has 2 fully saturated rings. The molecule has 0 spiro atoms. The highest BCUT2D eigenvalue weighted by molar-refractivity contribution is 8.16. The summed E-state index contributed by atoms with van der Waals surface area (Å²) >= 11 is 13.8. The number of aliphatic imine (C=N–C) groups is 1. The molecule has 0 unspecified atom stereocenters. The Hall–Kier alpha value is -2.27. The van der Waals surface area contributed by atoms with Crippen molar-refractivity contribution in [2.24, 2.45) is 4.99 Å². The zero-order chi connectivity index (χ0) is 27.0. The Morgan fingerprint density at radius 1 is 1.16 bits per heavy atom. The van der Waals surface area contributed by atoms with Gasteiger partial charge >= 0.3 is 6.09 Å². The number of thioether (sulfide) groups is 1. The third-order valence-corrected chi connectivity index (χ3v) is 9.46. The third-order valence-electron chi connectivity index (χ3n) is 5.71. The maximum Gasteiger partial charge on any atom is 0.408 e. The molecule has 12 heteroatoms. The summed E-state index contributed by atoms with van der Waals surface area (Å²) in [5, 5.41) is 3.40. The number of sulfone groups is 1. The summed E-state index contributed by atoms with van der Waals surface area (Å²) in [5.41, 5.74) is 0.592. The number of carbonyl (C=O) groups excluding carboxylic acids is 2. The first-order valence-electron chi connectivity index (χ1n) is 11.6. The zero-order valence-corrected chi connectivity index (χ0v) is 23.6. The molecule has 2 aromatic rings. The van der Waals surface area contributed by atoms with Crippen LogP contribution in [0.5, 0.6) is 0 Å². The minimum absolute atomic E-state index is 0.0269. The molecule has 2 aromatic carbocycles. The molecule has 0 radical (unpaired) electrons. The van der Waals surface area contributed by atoms with Crippen molar-refractivity contribution >= 4 is 67.7 Å². The van der Waals surface area contributed by atoms with Crippen molar-refractivity contribution in [1.82, 2.24) is 5.32 Å². The van der Waals surface area contributed by atoms with Crippen LogP contribution in [0, 0.1) is 0 Å². The Morgan fingerprint density at radius 3 is 2.51 bits per heavy atom. The quantitative estimate of drug-likeness (QED) is 0.542. The van der Waals surface area contributed by atoms with E-state index < -0.39 is 39.5 Å². The Labute approximate surface area is 230 Å². The molecule has 0 aromatic heterocycles.